The summed E-state index contributed by atoms with van der Waals surface area (Å²) in [6.07, 6.45) is -1.21. The summed E-state index contributed by atoms with van der Waals surface area (Å²) in [5, 5.41) is 11.6. The first-order valence-corrected chi connectivity index (χ1v) is 10.3. The van der Waals surface area contributed by atoms with E-state index in [4.69, 9.17) is 0 Å². The van der Waals surface area contributed by atoms with Gasteiger partial charge in [-0.3, -0.25) is 0 Å². The summed E-state index contributed by atoms with van der Waals surface area (Å²) in [6, 6.07) is 11.2. The van der Waals surface area contributed by atoms with Crippen LogP contribution < -0.4 is 0 Å². The lowest BCUT2D eigenvalue weighted by Crippen LogP contribution is -2.44. The maximum absolute atomic E-state index is 12.7. The molecule has 3 rings (SSSR count). The van der Waals surface area contributed by atoms with Gasteiger partial charge in [0.15, 0.2) is 9.84 Å². The Hall–Kier alpha value is -1.48. The van der Waals surface area contributed by atoms with Crippen molar-refractivity contribution in [1.82, 2.24) is 4.31 Å². The topological polar surface area (TPSA) is 91.8 Å². The smallest absolute Gasteiger partial charge is 0.243 e. The van der Waals surface area contributed by atoms with Crippen molar-refractivity contribution in [3.63, 3.8) is 0 Å². The molecule has 1 fully saturated rings. The average molecular weight is 355 g/mol. The van der Waals surface area contributed by atoms with Gasteiger partial charge in [-0.05, 0) is 22.9 Å². The van der Waals surface area contributed by atoms with Crippen molar-refractivity contribution in [1.29, 1.82) is 0 Å². The number of rotatable bonds is 3. The molecule has 8 heteroatoms. The Morgan fingerprint density at radius 2 is 1.74 bits per heavy atom. The van der Waals surface area contributed by atoms with E-state index in [0.29, 0.717) is 0 Å². The number of benzene rings is 2. The van der Waals surface area contributed by atoms with Crippen molar-refractivity contribution < 1.29 is 21.9 Å². The normalized spacial score (nSPS) is 24.3. The fraction of sp³-hybridized carbons (Fsp3) is 0.333. The Morgan fingerprint density at radius 3 is 2.35 bits per heavy atom. The van der Waals surface area contributed by atoms with Gasteiger partial charge in [-0.15, -0.1) is 0 Å². The fourth-order valence-corrected chi connectivity index (χ4v) is 6.19. The highest BCUT2D eigenvalue weighted by atomic mass is 32.2. The summed E-state index contributed by atoms with van der Waals surface area (Å²) in [7, 11) is -6.01. The van der Waals surface area contributed by atoms with Crippen molar-refractivity contribution in [2.75, 3.05) is 18.6 Å². The monoisotopic (exact) mass is 355 g/mol. The van der Waals surface area contributed by atoms with Crippen molar-refractivity contribution in [3.05, 3.63) is 42.5 Å². The highest BCUT2D eigenvalue weighted by Gasteiger charge is 2.42. The molecule has 0 amide bonds. The lowest BCUT2D eigenvalue weighted by Gasteiger charge is -2.25. The molecule has 0 saturated carbocycles. The average Bonchev–Trinajstić information content (AvgIpc) is 2.78. The van der Waals surface area contributed by atoms with Crippen LogP contribution in [0.3, 0.4) is 0 Å². The summed E-state index contributed by atoms with van der Waals surface area (Å²) < 4.78 is 49.7. The van der Waals surface area contributed by atoms with Gasteiger partial charge in [-0.25, -0.2) is 16.8 Å². The SMILES string of the molecule is CN([C@@H]1CS(=O)(=O)C[C@@H]1O)S(=O)(=O)c1ccc2ccccc2c1. The van der Waals surface area contributed by atoms with Gasteiger partial charge in [-0.2, -0.15) is 4.31 Å². The molecule has 0 aliphatic carbocycles. The van der Waals surface area contributed by atoms with Crippen molar-refractivity contribution in [2.24, 2.45) is 0 Å². The summed E-state index contributed by atoms with van der Waals surface area (Å²) in [6.45, 7) is 0. The van der Waals surface area contributed by atoms with E-state index in [1.807, 2.05) is 24.3 Å². The highest BCUT2D eigenvalue weighted by molar-refractivity contribution is 7.92. The third kappa shape index (κ3) is 2.99. The van der Waals surface area contributed by atoms with Crippen LogP contribution in [0.25, 0.3) is 10.8 Å². The predicted molar refractivity (Wildman–Crippen MR) is 87.3 cm³/mol. The molecule has 1 aliphatic heterocycles. The second kappa shape index (κ2) is 5.55. The molecule has 1 heterocycles. The van der Waals surface area contributed by atoms with Crippen LogP contribution in [-0.2, 0) is 19.9 Å². The van der Waals surface area contributed by atoms with E-state index < -0.39 is 37.8 Å². The molecule has 0 spiro atoms. The second-order valence-electron chi connectivity index (χ2n) is 5.74. The molecule has 0 unspecified atom stereocenters. The molecule has 1 aliphatic rings. The third-order valence-electron chi connectivity index (χ3n) is 4.16. The van der Waals surface area contributed by atoms with E-state index in [1.54, 1.807) is 12.1 Å². The van der Waals surface area contributed by atoms with E-state index in [0.717, 1.165) is 15.1 Å². The molecule has 0 bridgehead atoms. The Bertz CT molecular complexity index is 953. The molecule has 23 heavy (non-hydrogen) atoms. The van der Waals surface area contributed by atoms with E-state index in [-0.39, 0.29) is 10.6 Å². The number of hydrogen-bond donors (Lipinski definition) is 1. The minimum atomic E-state index is -3.89. The van der Waals surface area contributed by atoms with Crippen LogP contribution in [0.15, 0.2) is 47.4 Å². The number of likely N-dealkylation sites (N-methyl/N-ethyl adjacent to an activating group) is 1. The highest BCUT2D eigenvalue weighted by Crippen LogP contribution is 2.26. The number of aliphatic hydroxyl groups is 1. The zero-order valence-electron chi connectivity index (χ0n) is 12.5. The van der Waals surface area contributed by atoms with Gasteiger partial charge < -0.3 is 5.11 Å². The van der Waals surface area contributed by atoms with Gasteiger partial charge in [0.1, 0.15) is 0 Å². The fourth-order valence-electron chi connectivity index (χ4n) is 2.83. The zero-order chi connectivity index (χ0) is 16.8. The van der Waals surface area contributed by atoms with Crippen molar-refractivity contribution in [3.8, 4) is 0 Å². The molecule has 1 saturated heterocycles. The molecule has 124 valence electrons. The Morgan fingerprint density at radius 1 is 1.09 bits per heavy atom. The minimum Gasteiger partial charge on any atom is -0.390 e. The Labute approximate surface area is 135 Å². The molecular formula is C15H17NO5S2. The van der Waals surface area contributed by atoms with Gasteiger partial charge >= 0.3 is 0 Å². The van der Waals surface area contributed by atoms with E-state index in [2.05, 4.69) is 0 Å². The number of sulfonamides is 1. The first-order valence-electron chi connectivity index (χ1n) is 7.06. The number of fused-ring (bicyclic) bond motifs is 1. The molecule has 6 nitrogen and oxygen atoms in total. The van der Waals surface area contributed by atoms with E-state index in [1.165, 1.54) is 13.1 Å². The van der Waals surface area contributed by atoms with E-state index in [9.17, 15) is 21.9 Å². The van der Waals surface area contributed by atoms with Gasteiger partial charge in [0.2, 0.25) is 10.0 Å². The van der Waals surface area contributed by atoms with Crippen LogP contribution in [0, 0.1) is 0 Å². The first-order chi connectivity index (χ1) is 10.7. The first kappa shape index (κ1) is 16.4. The number of hydrogen-bond acceptors (Lipinski definition) is 5. The van der Waals surface area contributed by atoms with Crippen LogP contribution >= 0.6 is 0 Å². The molecule has 2 aromatic carbocycles. The number of nitrogens with zero attached hydrogens (tertiary/aromatic N) is 1. The Balaban J connectivity index is 1.99. The Kier molecular flexibility index (Phi) is 3.96. The largest absolute Gasteiger partial charge is 0.390 e. The predicted octanol–water partition coefficient (Wildman–Crippen LogP) is 0.618. The van der Waals surface area contributed by atoms with E-state index >= 15 is 0 Å². The van der Waals surface area contributed by atoms with Crippen LogP contribution in [-0.4, -0.2) is 56.9 Å². The molecular weight excluding hydrogens is 338 g/mol. The standard InChI is InChI=1S/C15H17NO5S2/c1-16(14-9-22(18,19)10-15(14)17)23(20,21)13-7-6-11-4-2-3-5-12(11)8-13/h2-8,14-15,17H,9-10H2,1H3/t14-,15+/m1/s1. The molecule has 0 aromatic heterocycles. The summed E-state index contributed by atoms with van der Waals surface area (Å²) in [5.74, 6) is -0.771. The van der Waals surface area contributed by atoms with Crippen LogP contribution in [0.5, 0.6) is 0 Å². The van der Waals surface area contributed by atoms with Crippen LogP contribution in [0.1, 0.15) is 0 Å². The maximum atomic E-state index is 12.7. The van der Waals surface area contributed by atoms with Crippen LogP contribution in [0.2, 0.25) is 0 Å². The minimum absolute atomic E-state index is 0.0789. The summed E-state index contributed by atoms with van der Waals surface area (Å²) in [4.78, 5) is 0.0789. The van der Waals surface area contributed by atoms with Gasteiger partial charge in [0.05, 0.1) is 28.5 Å². The van der Waals surface area contributed by atoms with Crippen molar-refractivity contribution >= 4 is 30.6 Å². The molecule has 0 radical (unpaired) electrons. The molecule has 2 aromatic rings. The third-order valence-corrected chi connectivity index (χ3v) is 7.74. The molecule has 1 N–H and O–H groups in total. The quantitative estimate of drug-likeness (QED) is 0.871. The maximum Gasteiger partial charge on any atom is 0.243 e. The van der Waals surface area contributed by atoms with Gasteiger partial charge in [0.25, 0.3) is 0 Å². The van der Waals surface area contributed by atoms with Gasteiger partial charge in [-0.1, -0.05) is 30.3 Å². The van der Waals surface area contributed by atoms with Gasteiger partial charge in [0, 0.05) is 7.05 Å². The van der Waals surface area contributed by atoms with Crippen molar-refractivity contribution in [2.45, 2.75) is 17.0 Å². The zero-order valence-corrected chi connectivity index (χ0v) is 14.1. The lowest BCUT2D eigenvalue weighted by atomic mass is 10.1. The molecule has 2 atom stereocenters. The second-order valence-corrected chi connectivity index (χ2v) is 9.89. The number of sulfone groups is 1. The summed E-state index contributed by atoms with van der Waals surface area (Å²) in [5.41, 5.74) is 0. The lowest BCUT2D eigenvalue weighted by molar-refractivity contribution is 0.137. The summed E-state index contributed by atoms with van der Waals surface area (Å²) >= 11 is 0. The van der Waals surface area contributed by atoms with Crippen LogP contribution in [0.4, 0.5) is 0 Å². The number of aliphatic hydroxyl groups excluding tert-OH is 1.